The quantitative estimate of drug-likeness (QED) is 0.672. The van der Waals surface area contributed by atoms with Crippen molar-refractivity contribution in [1.29, 1.82) is 0 Å². The molecule has 1 N–H and O–H groups in total. The van der Waals surface area contributed by atoms with Crippen LogP contribution < -0.4 is 0 Å². The summed E-state index contributed by atoms with van der Waals surface area (Å²) in [4.78, 5) is 0. The van der Waals surface area contributed by atoms with Crippen LogP contribution in [0.2, 0.25) is 0 Å². The van der Waals surface area contributed by atoms with Crippen LogP contribution in [-0.2, 0) is 4.74 Å². The zero-order valence-electron chi connectivity index (χ0n) is 7.03. The number of ether oxygens (including phenoxy) is 1. The normalized spacial score (nSPS) is 33.3. The first-order valence-electron chi connectivity index (χ1n) is 4.10. The molecule has 1 saturated heterocycles. The molecule has 1 aliphatic heterocycles. The molecule has 0 saturated carbocycles. The lowest BCUT2D eigenvalue weighted by molar-refractivity contribution is 0.184. The van der Waals surface area contributed by atoms with Crippen LogP contribution in [0.4, 0.5) is 0 Å². The predicted molar refractivity (Wildman–Crippen MR) is 45.8 cm³/mol. The van der Waals surface area contributed by atoms with Crippen molar-refractivity contribution >= 4 is 0 Å². The van der Waals surface area contributed by atoms with Gasteiger partial charge in [0.05, 0.1) is 6.61 Å². The summed E-state index contributed by atoms with van der Waals surface area (Å²) in [5, 5.41) is 8.97. The van der Waals surface area contributed by atoms with Crippen molar-refractivity contribution in [1.82, 2.24) is 0 Å². The molecule has 0 aliphatic carbocycles. The van der Waals surface area contributed by atoms with Gasteiger partial charge in [-0.25, -0.2) is 0 Å². The first kappa shape index (κ1) is 7.77. The summed E-state index contributed by atoms with van der Waals surface area (Å²) in [6.45, 7) is 2.01. The van der Waals surface area contributed by atoms with E-state index in [2.05, 4.69) is 0 Å². The number of hydrogen-bond acceptors (Lipinski definition) is 2. The molecule has 64 valence electrons. The van der Waals surface area contributed by atoms with Gasteiger partial charge in [-0.3, -0.25) is 0 Å². The van der Waals surface area contributed by atoms with Gasteiger partial charge in [-0.15, -0.1) is 0 Å². The number of aliphatic hydroxyl groups excluding tert-OH is 1. The molecule has 2 heteroatoms. The predicted octanol–water partition coefficient (Wildman–Crippen LogP) is 1.51. The van der Waals surface area contributed by atoms with Gasteiger partial charge < -0.3 is 9.84 Å². The van der Waals surface area contributed by atoms with Crippen LogP contribution >= 0.6 is 0 Å². The second-order valence-corrected chi connectivity index (χ2v) is 3.38. The lowest BCUT2D eigenvalue weighted by Crippen LogP contribution is -2.11. The number of hydrogen-bond donors (Lipinski definition) is 1. The highest BCUT2D eigenvalue weighted by Gasteiger charge is 2.52. The summed E-state index contributed by atoms with van der Waals surface area (Å²) in [7, 11) is 0. The fourth-order valence-corrected chi connectivity index (χ4v) is 1.40. The van der Waals surface area contributed by atoms with Crippen LogP contribution in [0.5, 0.6) is 0 Å². The number of aliphatic hydroxyl groups is 1. The lowest BCUT2D eigenvalue weighted by atomic mass is 10.0. The summed E-state index contributed by atoms with van der Waals surface area (Å²) >= 11 is 0. The summed E-state index contributed by atoms with van der Waals surface area (Å²) in [5.74, 6) is 0. The molecule has 0 aromatic heterocycles. The van der Waals surface area contributed by atoms with E-state index in [1.807, 2.05) is 37.3 Å². The number of epoxide rings is 1. The highest BCUT2D eigenvalue weighted by molar-refractivity contribution is 5.25. The summed E-state index contributed by atoms with van der Waals surface area (Å²) in [6, 6.07) is 9.98. The molecule has 0 unspecified atom stereocenters. The van der Waals surface area contributed by atoms with E-state index in [1.165, 1.54) is 0 Å². The highest BCUT2D eigenvalue weighted by atomic mass is 16.6. The molecule has 12 heavy (non-hydrogen) atoms. The van der Waals surface area contributed by atoms with Crippen LogP contribution in [0.3, 0.4) is 0 Å². The minimum Gasteiger partial charge on any atom is -0.393 e. The largest absolute Gasteiger partial charge is 0.393 e. The van der Waals surface area contributed by atoms with Crippen molar-refractivity contribution in [2.45, 2.75) is 18.6 Å². The Morgan fingerprint density at radius 1 is 1.42 bits per heavy atom. The zero-order valence-corrected chi connectivity index (χ0v) is 7.03. The Hall–Kier alpha value is -0.860. The van der Waals surface area contributed by atoms with Gasteiger partial charge in [0.1, 0.15) is 11.7 Å². The van der Waals surface area contributed by atoms with Crippen molar-refractivity contribution in [3.63, 3.8) is 0 Å². The highest BCUT2D eigenvalue weighted by Crippen LogP contribution is 2.48. The van der Waals surface area contributed by atoms with Crippen molar-refractivity contribution in [2.24, 2.45) is 0 Å². The second-order valence-electron chi connectivity index (χ2n) is 3.38. The van der Waals surface area contributed by atoms with E-state index in [4.69, 9.17) is 9.84 Å². The Bertz CT molecular complexity index is 270. The maximum atomic E-state index is 8.97. The van der Waals surface area contributed by atoms with Crippen molar-refractivity contribution in [3.8, 4) is 0 Å². The van der Waals surface area contributed by atoms with Crippen LogP contribution in [0, 0.1) is 0 Å². The van der Waals surface area contributed by atoms with E-state index in [0.29, 0.717) is 0 Å². The molecule has 0 spiro atoms. The maximum absolute atomic E-state index is 8.97. The lowest BCUT2D eigenvalue weighted by Gasteiger charge is -1.99. The average molecular weight is 164 g/mol. The molecule has 1 aromatic carbocycles. The van der Waals surface area contributed by atoms with Crippen LogP contribution in [0.25, 0.3) is 0 Å². The van der Waals surface area contributed by atoms with Gasteiger partial charge in [-0.1, -0.05) is 30.3 Å². The maximum Gasteiger partial charge on any atom is 0.120 e. The van der Waals surface area contributed by atoms with Gasteiger partial charge in [0, 0.05) is 0 Å². The van der Waals surface area contributed by atoms with E-state index < -0.39 is 0 Å². The van der Waals surface area contributed by atoms with Crippen LogP contribution in [-0.4, -0.2) is 17.3 Å². The van der Waals surface area contributed by atoms with Crippen molar-refractivity contribution in [2.75, 3.05) is 6.61 Å². The first-order chi connectivity index (χ1) is 5.76. The summed E-state index contributed by atoms with van der Waals surface area (Å²) in [5.41, 5.74) is 0.815. The third-order valence-electron chi connectivity index (χ3n) is 2.30. The molecule has 1 aromatic rings. The monoisotopic (exact) mass is 164 g/mol. The second kappa shape index (κ2) is 2.57. The molecule has 2 nitrogen and oxygen atoms in total. The minimum absolute atomic E-state index is 0.0868. The van der Waals surface area contributed by atoms with Gasteiger partial charge in [0.15, 0.2) is 0 Å². The Balaban J connectivity index is 2.16. The topological polar surface area (TPSA) is 32.8 Å². The molecule has 2 atom stereocenters. The van der Waals surface area contributed by atoms with E-state index in [0.717, 1.165) is 5.56 Å². The Morgan fingerprint density at radius 2 is 2.08 bits per heavy atom. The third-order valence-corrected chi connectivity index (χ3v) is 2.30. The Kier molecular flexibility index (Phi) is 1.67. The molecule has 2 rings (SSSR count). The van der Waals surface area contributed by atoms with Crippen LogP contribution in [0.1, 0.15) is 18.6 Å². The molecular formula is C10H12O2. The fraction of sp³-hybridized carbons (Fsp3) is 0.400. The average Bonchev–Trinajstić information content (AvgIpc) is 2.81. The van der Waals surface area contributed by atoms with Gasteiger partial charge in [-0.05, 0) is 12.5 Å². The summed E-state index contributed by atoms with van der Waals surface area (Å²) < 4.78 is 5.39. The van der Waals surface area contributed by atoms with E-state index in [-0.39, 0.29) is 18.3 Å². The SMILES string of the molecule is C[C@]1(CO)O[C@@H]1c1ccccc1. The smallest absolute Gasteiger partial charge is 0.120 e. The standard InChI is InChI=1S/C10H12O2/c1-10(7-11)9(12-10)8-5-3-2-4-6-8/h2-6,9,11H,7H2,1H3/t9-,10-/m1/s1. The van der Waals surface area contributed by atoms with Gasteiger partial charge in [-0.2, -0.15) is 0 Å². The zero-order chi connectivity index (χ0) is 8.60. The van der Waals surface area contributed by atoms with Crippen molar-refractivity contribution < 1.29 is 9.84 Å². The van der Waals surface area contributed by atoms with E-state index >= 15 is 0 Å². The molecule has 1 aliphatic rings. The van der Waals surface area contributed by atoms with E-state index in [9.17, 15) is 0 Å². The Morgan fingerprint density at radius 3 is 2.58 bits per heavy atom. The molecule has 0 amide bonds. The van der Waals surface area contributed by atoms with E-state index in [1.54, 1.807) is 0 Å². The number of rotatable bonds is 2. The Labute approximate surface area is 71.8 Å². The molecule has 0 radical (unpaired) electrons. The van der Waals surface area contributed by atoms with Gasteiger partial charge in [0.25, 0.3) is 0 Å². The summed E-state index contributed by atoms with van der Waals surface area (Å²) in [6.07, 6.45) is 0.0868. The first-order valence-corrected chi connectivity index (χ1v) is 4.10. The van der Waals surface area contributed by atoms with Gasteiger partial charge >= 0.3 is 0 Å². The number of benzene rings is 1. The molecule has 0 bridgehead atoms. The molecule has 1 fully saturated rings. The molecular weight excluding hydrogens is 152 g/mol. The third kappa shape index (κ3) is 1.13. The van der Waals surface area contributed by atoms with Crippen molar-refractivity contribution in [3.05, 3.63) is 35.9 Å². The van der Waals surface area contributed by atoms with Gasteiger partial charge in [0.2, 0.25) is 0 Å². The molecule has 1 heterocycles. The fourth-order valence-electron chi connectivity index (χ4n) is 1.40. The minimum atomic E-state index is -0.332. The van der Waals surface area contributed by atoms with Crippen LogP contribution in [0.15, 0.2) is 30.3 Å².